The number of rotatable bonds is 7. The van der Waals surface area contributed by atoms with Crippen LogP contribution in [0.5, 0.6) is 5.75 Å². The second-order valence-corrected chi connectivity index (χ2v) is 6.43. The highest BCUT2D eigenvalue weighted by atomic mass is 16.5. The van der Waals surface area contributed by atoms with E-state index in [4.69, 9.17) is 4.74 Å². The first-order valence-electron chi connectivity index (χ1n) is 9.21. The molecule has 1 heterocycles. The van der Waals surface area contributed by atoms with Gasteiger partial charge in [-0.3, -0.25) is 0 Å². The maximum absolute atomic E-state index is 12.2. The molecule has 8 heteroatoms. The van der Waals surface area contributed by atoms with E-state index in [0.29, 0.717) is 23.8 Å². The first-order chi connectivity index (χ1) is 14.0. The number of nitrogens with zero attached hydrogens (tertiary/aromatic N) is 3. The van der Waals surface area contributed by atoms with Crippen LogP contribution in [0.15, 0.2) is 60.8 Å². The van der Waals surface area contributed by atoms with Crippen LogP contribution in [-0.4, -0.2) is 36.9 Å². The molecular formula is C21H24N6O2. The minimum Gasteiger partial charge on any atom is -0.494 e. The summed E-state index contributed by atoms with van der Waals surface area (Å²) in [5, 5.41) is 16.8. The van der Waals surface area contributed by atoms with E-state index in [-0.39, 0.29) is 6.03 Å². The lowest BCUT2D eigenvalue weighted by atomic mass is 10.2. The average Bonchev–Trinajstić information content (AvgIpc) is 2.71. The Bertz CT molecular complexity index is 942. The summed E-state index contributed by atoms with van der Waals surface area (Å²) in [6.07, 6.45) is 1.70. The van der Waals surface area contributed by atoms with Crippen molar-refractivity contribution in [1.29, 1.82) is 0 Å². The van der Waals surface area contributed by atoms with E-state index in [2.05, 4.69) is 26.1 Å². The van der Waals surface area contributed by atoms with E-state index in [9.17, 15) is 4.79 Å². The molecule has 0 aliphatic carbocycles. The van der Waals surface area contributed by atoms with Crippen molar-refractivity contribution in [3.05, 3.63) is 60.8 Å². The maximum atomic E-state index is 12.2. The van der Waals surface area contributed by atoms with Crippen molar-refractivity contribution < 1.29 is 9.53 Å². The summed E-state index contributed by atoms with van der Waals surface area (Å²) in [7, 11) is 3.89. The fourth-order valence-electron chi connectivity index (χ4n) is 2.54. The molecule has 8 nitrogen and oxygen atoms in total. The molecule has 0 aliphatic rings. The van der Waals surface area contributed by atoms with Crippen LogP contribution in [0, 0.1) is 0 Å². The SMILES string of the molecule is CCOc1ccc(NC(=O)Nc2ccc(Nc3cc(N(C)C)cnn3)cc2)cc1. The molecular weight excluding hydrogens is 368 g/mol. The molecule has 2 amide bonds. The molecule has 1 aromatic heterocycles. The second kappa shape index (κ2) is 9.41. The van der Waals surface area contributed by atoms with Gasteiger partial charge in [-0.15, -0.1) is 5.10 Å². The number of carbonyl (C=O) groups excluding carboxylic acids is 1. The zero-order valence-corrected chi connectivity index (χ0v) is 16.6. The van der Waals surface area contributed by atoms with Gasteiger partial charge in [0.1, 0.15) is 5.75 Å². The Morgan fingerprint density at radius 3 is 2.14 bits per heavy atom. The third-order valence-electron chi connectivity index (χ3n) is 3.99. The van der Waals surface area contributed by atoms with E-state index in [1.807, 2.05) is 68.4 Å². The quantitative estimate of drug-likeness (QED) is 0.554. The summed E-state index contributed by atoms with van der Waals surface area (Å²) in [4.78, 5) is 14.1. The molecule has 150 valence electrons. The lowest BCUT2D eigenvalue weighted by molar-refractivity contribution is 0.262. The van der Waals surface area contributed by atoms with Gasteiger partial charge < -0.3 is 25.6 Å². The third-order valence-corrected chi connectivity index (χ3v) is 3.99. The molecule has 0 aliphatic heterocycles. The van der Waals surface area contributed by atoms with Gasteiger partial charge in [0.05, 0.1) is 18.5 Å². The molecule has 0 spiro atoms. The Labute approximate surface area is 169 Å². The number of hydrogen-bond acceptors (Lipinski definition) is 6. The van der Waals surface area contributed by atoms with Crippen molar-refractivity contribution in [2.45, 2.75) is 6.92 Å². The van der Waals surface area contributed by atoms with Gasteiger partial charge >= 0.3 is 6.03 Å². The van der Waals surface area contributed by atoms with Gasteiger partial charge in [-0.25, -0.2) is 4.79 Å². The van der Waals surface area contributed by atoms with Crippen molar-refractivity contribution in [3.8, 4) is 5.75 Å². The Morgan fingerprint density at radius 1 is 0.966 bits per heavy atom. The molecule has 0 radical (unpaired) electrons. The highest BCUT2D eigenvalue weighted by Gasteiger charge is 2.05. The van der Waals surface area contributed by atoms with E-state index >= 15 is 0 Å². The number of anilines is 5. The van der Waals surface area contributed by atoms with Crippen LogP contribution in [0.4, 0.5) is 33.4 Å². The molecule has 2 aromatic carbocycles. The van der Waals surface area contributed by atoms with Crippen LogP contribution < -0.4 is 25.6 Å². The Balaban J connectivity index is 1.55. The molecule has 0 atom stereocenters. The smallest absolute Gasteiger partial charge is 0.323 e. The summed E-state index contributed by atoms with van der Waals surface area (Å²) in [6, 6.07) is 16.1. The van der Waals surface area contributed by atoms with Crippen LogP contribution in [0.3, 0.4) is 0 Å². The zero-order valence-electron chi connectivity index (χ0n) is 16.6. The first kappa shape index (κ1) is 19.9. The zero-order chi connectivity index (χ0) is 20.6. The monoisotopic (exact) mass is 392 g/mol. The molecule has 0 fully saturated rings. The molecule has 0 bridgehead atoms. The van der Waals surface area contributed by atoms with Crippen molar-refractivity contribution >= 4 is 34.6 Å². The van der Waals surface area contributed by atoms with E-state index in [1.54, 1.807) is 18.3 Å². The van der Waals surface area contributed by atoms with Crippen LogP contribution in [0.25, 0.3) is 0 Å². The van der Waals surface area contributed by atoms with Gasteiger partial charge in [-0.1, -0.05) is 0 Å². The van der Waals surface area contributed by atoms with Gasteiger partial charge in [0.15, 0.2) is 5.82 Å². The number of amides is 2. The van der Waals surface area contributed by atoms with Crippen molar-refractivity contribution in [2.75, 3.05) is 41.6 Å². The summed E-state index contributed by atoms with van der Waals surface area (Å²) in [6.45, 7) is 2.53. The molecule has 29 heavy (non-hydrogen) atoms. The van der Waals surface area contributed by atoms with Gasteiger partial charge in [0, 0.05) is 37.2 Å². The largest absolute Gasteiger partial charge is 0.494 e. The Kier molecular flexibility index (Phi) is 6.47. The molecule has 0 saturated heterocycles. The minimum absolute atomic E-state index is 0.320. The predicted molar refractivity (Wildman–Crippen MR) is 116 cm³/mol. The minimum atomic E-state index is -0.320. The van der Waals surface area contributed by atoms with Crippen LogP contribution in [-0.2, 0) is 0 Å². The molecule has 3 N–H and O–H groups in total. The summed E-state index contributed by atoms with van der Waals surface area (Å²) < 4.78 is 5.39. The topological polar surface area (TPSA) is 91.4 Å². The summed E-state index contributed by atoms with van der Waals surface area (Å²) >= 11 is 0. The lowest BCUT2D eigenvalue weighted by Crippen LogP contribution is -2.19. The lowest BCUT2D eigenvalue weighted by Gasteiger charge is -2.13. The van der Waals surface area contributed by atoms with Crippen LogP contribution in [0.1, 0.15) is 6.92 Å². The normalized spacial score (nSPS) is 10.2. The maximum Gasteiger partial charge on any atom is 0.323 e. The molecule has 0 unspecified atom stereocenters. The predicted octanol–water partition coefficient (Wildman–Crippen LogP) is 4.33. The van der Waals surface area contributed by atoms with Gasteiger partial charge in [0.2, 0.25) is 0 Å². The van der Waals surface area contributed by atoms with E-state index in [0.717, 1.165) is 17.1 Å². The number of ether oxygens (including phenoxy) is 1. The fraction of sp³-hybridized carbons (Fsp3) is 0.190. The number of hydrogen-bond donors (Lipinski definition) is 3. The molecule has 3 rings (SSSR count). The first-order valence-corrected chi connectivity index (χ1v) is 9.21. The molecule has 0 saturated carbocycles. The van der Waals surface area contributed by atoms with Crippen molar-refractivity contribution in [2.24, 2.45) is 0 Å². The van der Waals surface area contributed by atoms with Gasteiger partial charge in [-0.2, -0.15) is 5.10 Å². The number of nitrogens with one attached hydrogen (secondary N) is 3. The van der Waals surface area contributed by atoms with Crippen molar-refractivity contribution in [1.82, 2.24) is 10.2 Å². The van der Waals surface area contributed by atoms with Gasteiger partial charge in [0.25, 0.3) is 0 Å². The highest BCUT2D eigenvalue weighted by molar-refractivity contribution is 5.99. The fourth-order valence-corrected chi connectivity index (χ4v) is 2.54. The standard InChI is InChI=1S/C21H24N6O2/c1-4-29-19-11-9-17(10-12-19)25-21(28)24-16-7-5-15(6-8-16)23-20-13-18(27(2)3)14-22-26-20/h5-14H,4H2,1-3H3,(H,23,26)(H2,24,25,28). The van der Waals surface area contributed by atoms with Crippen molar-refractivity contribution in [3.63, 3.8) is 0 Å². The molecule has 3 aromatic rings. The number of carbonyl (C=O) groups is 1. The van der Waals surface area contributed by atoms with Crippen LogP contribution >= 0.6 is 0 Å². The van der Waals surface area contributed by atoms with Crippen LogP contribution in [0.2, 0.25) is 0 Å². The Morgan fingerprint density at radius 2 is 1.55 bits per heavy atom. The number of aromatic nitrogens is 2. The van der Waals surface area contributed by atoms with Gasteiger partial charge in [-0.05, 0) is 55.5 Å². The second-order valence-electron chi connectivity index (χ2n) is 6.43. The summed E-state index contributed by atoms with van der Waals surface area (Å²) in [5.74, 6) is 1.41. The number of urea groups is 1. The average molecular weight is 392 g/mol. The third kappa shape index (κ3) is 5.83. The highest BCUT2D eigenvalue weighted by Crippen LogP contribution is 2.20. The number of benzene rings is 2. The summed E-state index contributed by atoms with van der Waals surface area (Å²) in [5.41, 5.74) is 3.15. The van der Waals surface area contributed by atoms with E-state index < -0.39 is 0 Å². The Hall–Kier alpha value is -3.81. The van der Waals surface area contributed by atoms with E-state index in [1.165, 1.54) is 0 Å².